The summed E-state index contributed by atoms with van der Waals surface area (Å²) in [7, 11) is 1.68. The lowest BCUT2D eigenvalue weighted by molar-refractivity contribution is -0.142. The number of carbonyl (C=O) groups excluding carboxylic acids is 2. The van der Waals surface area contributed by atoms with Gasteiger partial charge in [-0.2, -0.15) is 13.2 Å². The van der Waals surface area contributed by atoms with Gasteiger partial charge < -0.3 is 9.47 Å². The topological polar surface area (TPSA) is 65.5 Å². The molecule has 0 atom stereocenters. The van der Waals surface area contributed by atoms with E-state index in [1.165, 1.54) is 6.92 Å². The first-order chi connectivity index (χ1) is 14.0. The number of esters is 2. The van der Waals surface area contributed by atoms with Crippen LogP contribution in [0.1, 0.15) is 56.6 Å². The number of halogens is 5. The molecule has 1 aromatic heterocycles. The zero-order valence-corrected chi connectivity index (χ0v) is 16.0. The number of nitrogens with zero attached hydrogens (tertiary/aromatic N) is 1. The Bertz CT molecular complexity index is 985. The highest BCUT2D eigenvalue weighted by Crippen LogP contribution is 2.38. The molecule has 0 saturated heterocycles. The normalized spacial score (nSPS) is 12.1. The van der Waals surface area contributed by atoms with E-state index < -0.39 is 52.6 Å². The molecule has 0 bridgehead atoms. The number of methoxy groups -OCH3 is 2. The highest BCUT2D eigenvalue weighted by atomic mass is 19.4. The second-order valence-electron chi connectivity index (χ2n) is 5.98. The molecule has 160 valence electrons. The number of aromatic nitrogens is 1. The molecular weight excluding hydrogens is 413 g/mol. The van der Waals surface area contributed by atoms with Crippen LogP contribution < -0.4 is 0 Å². The number of hydrogen-bond acceptors (Lipinski definition) is 5. The zero-order chi connectivity index (χ0) is 22.6. The van der Waals surface area contributed by atoms with E-state index >= 15 is 0 Å². The van der Waals surface area contributed by atoms with Crippen LogP contribution >= 0.6 is 0 Å². The summed E-state index contributed by atoms with van der Waals surface area (Å²) < 4.78 is 76.8. The van der Waals surface area contributed by atoms with E-state index in [-0.39, 0.29) is 0 Å². The Hall–Kier alpha value is -3.30. The fourth-order valence-electron chi connectivity index (χ4n) is 2.76. The van der Waals surface area contributed by atoms with Crippen molar-refractivity contribution in [2.24, 2.45) is 0 Å². The average Bonchev–Trinajstić information content (AvgIpc) is 2.71. The molecule has 0 spiro atoms. The third kappa shape index (κ3) is 4.64. The Labute approximate surface area is 168 Å². The van der Waals surface area contributed by atoms with Gasteiger partial charge in [0.15, 0.2) is 5.69 Å². The van der Waals surface area contributed by atoms with Gasteiger partial charge in [0.1, 0.15) is 5.69 Å². The van der Waals surface area contributed by atoms with Gasteiger partial charge in [0.2, 0.25) is 0 Å². The first kappa shape index (κ1) is 23.0. The lowest BCUT2D eigenvalue weighted by Crippen LogP contribution is -2.23. The molecule has 0 fully saturated rings. The third-order valence-electron chi connectivity index (χ3n) is 4.11. The highest BCUT2D eigenvalue weighted by molar-refractivity contribution is 6.05. The molecule has 2 aromatic rings. The minimum Gasteiger partial charge on any atom is -0.465 e. The lowest BCUT2D eigenvalue weighted by Gasteiger charge is -2.19. The Balaban J connectivity index is 3.05. The molecular formula is C20H16F5NO4. The van der Waals surface area contributed by atoms with Crippen molar-refractivity contribution in [2.75, 3.05) is 14.2 Å². The summed E-state index contributed by atoms with van der Waals surface area (Å²) in [5.41, 5.74) is -5.34. The number of allylic oxidation sites excluding steroid dienone is 1. The first-order valence-electron chi connectivity index (χ1n) is 8.36. The smallest absolute Gasteiger partial charge is 0.434 e. The van der Waals surface area contributed by atoms with Crippen molar-refractivity contribution in [3.8, 4) is 0 Å². The maximum Gasteiger partial charge on any atom is 0.434 e. The summed E-state index contributed by atoms with van der Waals surface area (Å²) in [6, 6.07) is 8.21. The largest absolute Gasteiger partial charge is 0.465 e. The predicted octanol–water partition coefficient (Wildman–Crippen LogP) is 5.17. The van der Waals surface area contributed by atoms with E-state index in [2.05, 4.69) is 14.5 Å². The summed E-state index contributed by atoms with van der Waals surface area (Å²) >= 11 is 0. The molecule has 1 aromatic carbocycles. The molecule has 5 nitrogen and oxygen atoms in total. The van der Waals surface area contributed by atoms with Gasteiger partial charge in [-0.15, -0.1) is 0 Å². The number of pyridine rings is 1. The van der Waals surface area contributed by atoms with Crippen molar-refractivity contribution >= 4 is 23.6 Å². The number of hydrogen-bond donors (Lipinski definition) is 0. The molecule has 0 N–H and O–H groups in total. The van der Waals surface area contributed by atoms with Crippen LogP contribution in [-0.4, -0.2) is 31.1 Å². The molecule has 0 saturated carbocycles. The maximum absolute atomic E-state index is 13.6. The summed E-state index contributed by atoms with van der Waals surface area (Å²) in [4.78, 5) is 27.4. The van der Waals surface area contributed by atoms with Crippen molar-refractivity contribution in [3.05, 3.63) is 64.0 Å². The highest BCUT2D eigenvalue weighted by Gasteiger charge is 2.42. The molecule has 2 rings (SSSR count). The number of rotatable bonds is 5. The summed E-state index contributed by atoms with van der Waals surface area (Å²) in [6.07, 6.45) is -7.79. The number of benzene rings is 1. The molecule has 0 aliphatic heterocycles. The molecule has 0 unspecified atom stereocenters. The number of ether oxygens (including phenoxy) is 2. The Morgan fingerprint density at radius 3 is 2.00 bits per heavy atom. The maximum atomic E-state index is 13.6. The fourth-order valence-corrected chi connectivity index (χ4v) is 2.76. The second-order valence-corrected chi connectivity index (χ2v) is 5.98. The van der Waals surface area contributed by atoms with Gasteiger partial charge in [-0.25, -0.2) is 23.4 Å². The second kappa shape index (κ2) is 9.02. The van der Waals surface area contributed by atoms with E-state index in [1.807, 2.05) is 0 Å². The molecule has 0 aliphatic rings. The van der Waals surface area contributed by atoms with Crippen molar-refractivity contribution in [3.63, 3.8) is 0 Å². The summed E-state index contributed by atoms with van der Waals surface area (Å²) in [5, 5.41) is 0. The minimum absolute atomic E-state index is 0.297. The van der Waals surface area contributed by atoms with Crippen molar-refractivity contribution in [1.29, 1.82) is 0 Å². The van der Waals surface area contributed by atoms with Crippen LogP contribution in [0.15, 0.2) is 30.3 Å². The molecule has 30 heavy (non-hydrogen) atoms. The molecule has 1 heterocycles. The SMILES string of the molecule is COC(=O)c1c(C(F)F)nc(C(F)(F)F)c(C(=O)OC)c1/C=C(\C)c1ccccc1. The number of carbonyl (C=O) groups is 2. The third-order valence-corrected chi connectivity index (χ3v) is 4.11. The average molecular weight is 429 g/mol. The molecule has 10 heteroatoms. The van der Waals surface area contributed by atoms with Crippen LogP contribution in [0.3, 0.4) is 0 Å². The Kier molecular flexibility index (Phi) is 6.91. The van der Waals surface area contributed by atoms with Gasteiger partial charge in [0, 0.05) is 5.56 Å². The van der Waals surface area contributed by atoms with Gasteiger partial charge in [-0.05, 0) is 24.1 Å². The van der Waals surface area contributed by atoms with Gasteiger partial charge in [0.05, 0.1) is 25.3 Å². The van der Waals surface area contributed by atoms with Crippen LogP contribution in [0.25, 0.3) is 11.6 Å². The van der Waals surface area contributed by atoms with Crippen LogP contribution in [0.4, 0.5) is 22.0 Å². The fraction of sp³-hybridized carbons (Fsp3) is 0.250. The molecule has 0 amide bonds. The molecule has 0 radical (unpaired) electrons. The van der Waals surface area contributed by atoms with E-state index in [0.717, 1.165) is 20.3 Å². The summed E-state index contributed by atoms with van der Waals surface area (Å²) in [5.74, 6) is -2.86. The van der Waals surface area contributed by atoms with Gasteiger partial charge in [-0.3, -0.25) is 0 Å². The van der Waals surface area contributed by atoms with Crippen molar-refractivity contribution < 1.29 is 41.0 Å². The Morgan fingerprint density at radius 1 is 1.00 bits per heavy atom. The van der Waals surface area contributed by atoms with Crippen LogP contribution in [0.5, 0.6) is 0 Å². The standard InChI is InChI=1S/C20H16F5NO4/c1-10(11-7-5-4-6-8-11)9-12-13(18(27)29-2)15(17(21)22)26-16(20(23,24)25)14(12)19(28)30-3/h4-9,17H,1-3H3/b10-9+. The van der Waals surface area contributed by atoms with Gasteiger partial charge in [-0.1, -0.05) is 30.3 Å². The monoisotopic (exact) mass is 429 g/mol. The quantitative estimate of drug-likeness (QED) is 0.485. The minimum atomic E-state index is -5.27. The van der Waals surface area contributed by atoms with Gasteiger partial charge >= 0.3 is 18.1 Å². The van der Waals surface area contributed by atoms with Crippen LogP contribution in [-0.2, 0) is 15.7 Å². The zero-order valence-electron chi connectivity index (χ0n) is 16.0. The van der Waals surface area contributed by atoms with Crippen molar-refractivity contribution in [2.45, 2.75) is 19.5 Å². The van der Waals surface area contributed by atoms with Crippen LogP contribution in [0.2, 0.25) is 0 Å². The number of alkyl halides is 5. The van der Waals surface area contributed by atoms with E-state index in [9.17, 15) is 31.5 Å². The first-order valence-corrected chi connectivity index (χ1v) is 8.36. The lowest BCUT2D eigenvalue weighted by atomic mass is 9.94. The van der Waals surface area contributed by atoms with Crippen molar-refractivity contribution in [1.82, 2.24) is 4.98 Å². The summed E-state index contributed by atoms with van der Waals surface area (Å²) in [6.45, 7) is 1.48. The van der Waals surface area contributed by atoms with Gasteiger partial charge in [0.25, 0.3) is 6.43 Å². The van der Waals surface area contributed by atoms with E-state index in [1.54, 1.807) is 30.3 Å². The molecule has 0 aliphatic carbocycles. The van der Waals surface area contributed by atoms with E-state index in [0.29, 0.717) is 11.1 Å². The van der Waals surface area contributed by atoms with Crippen LogP contribution in [0, 0.1) is 0 Å². The van der Waals surface area contributed by atoms with E-state index in [4.69, 9.17) is 0 Å². The Morgan fingerprint density at radius 2 is 1.53 bits per heavy atom. The predicted molar refractivity (Wildman–Crippen MR) is 96.9 cm³/mol.